The van der Waals surface area contributed by atoms with Gasteiger partial charge in [0.25, 0.3) is 0 Å². The Morgan fingerprint density at radius 2 is 1.91 bits per heavy atom. The summed E-state index contributed by atoms with van der Waals surface area (Å²) in [5.41, 5.74) is 7.84. The van der Waals surface area contributed by atoms with Gasteiger partial charge in [-0.2, -0.15) is 0 Å². The van der Waals surface area contributed by atoms with Crippen molar-refractivity contribution in [1.82, 2.24) is 19.8 Å². The van der Waals surface area contributed by atoms with Gasteiger partial charge in [-0.1, -0.05) is 0 Å². The van der Waals surface area contributed by atoms with Gasteiger partial charge in [0.2, 0.25) is 5.91 Å². The van der Waals surface area contributed by atoms with E-state index in [1.54, 1.807) is 16.2 Å². The summed E-state index contributed by atoms with van der Waals surface area (Å²) in [7, 11) is 0. The van der Waals surface area contributed by atoms with Gasteiger partial charge in [-0.3, -0.25) is 9.69 Å². The number of thiophene rings is 1. The number of ether oxygens (including phenoxy) is 1. The minimum absolute atomic E-state index is 0.202. The largest absolute Gasteiger partial charge is 0.387 e. The van der Waals surface area contributed by atoms with Crippen molar-refractivity contribution >= 4 is 39.0 Å². The quantitative estimate of drug-likeness (QED) is 0.579. The van der Waals surface area contributed by atoms with Crippen molar-refractivity contribution < 1.29 is 14.6 Å². The van der Waals surface area contributed by atoms with Gasteiger partial charge in [0.15, 0.2) is 0 Å². The minimum Gasteiger partial charge on any atom is -0.387 e. The van der Waals surface area contributed by atoms with Crippen LogP contribution in [-0.2, 0) is 16.1 Å². The Morgan fingerprint density at radius 1 is 1.12 bits per heavy atom. The van der Waals surface area contributed by atoms with E-state index in [9.17, 15) is 4.79 Å². The number of pyridine rings is 2. The molecule has 0 atom stereocenters. The number of hydrogen-bond donors (Lipinski definition) is 2. The second kappa shape index (κ2) is 9.60. The number of nitrogens with zero attached hydrogens (tertiary/aromatic N) is 5. The summed E-state index contributed by atoms with van der Waals surface area (Å²) < 4.78 is 6.76. The van der Waals surface area contributed by atoms with Crippen LogP contribution in [0.25, 0.3) is 20.5 Å². The molecular weight excluding hydrogens is 440 g/mol. The van der Waals surface area contributed by atoms with Gasteiger partial charge in [0, 0.05) is 72.5 Å². The van der Waals surface area contributed by atoms with Crippen LogP contribution < -0.4 is 10.6 Å². The third kappa shape index (κ3) is 4.79. The molecule has 0 unspecified atom stereocenters. The summed E-state index contributed by atoms with van der Waals surface area (Å²) in [5, 5.41) is 10.3. The summed E-state index contributed by atoms with van der Waals surface area (Å²) in [6, 6.07) is 8.22. The van der Waals surface area contributed by atoms with E-state index in [0.29, 0.717) is 32.1 Å². The van der Waals surface area contributed by atoms with Crippen molar-refractivity contribution in [2.24, 2.45) is 0 Å². The molecule has 9 nitrogen and oxygen atoms in total. The number of nitrogen functional groups attached to an aromatic ring is 1. The van der Waals surface area contributed by atoms with Crippen LogP contribution >= 0.6 is 11.3 Å². The summed E-state index contributed by atoms with van der Waals surface area (Å²) in [6.07, 6.45) is 1.82. The molecule has 0 saturated carbocycles. The number of amides is 1. The number of anilines is 2. The smallest absolute Gasteiger partial charge is 0.248 e. The van der Waals surface area contributed by atoms with Crippen molar-refractivity contribution in [3.63, 3.8) is 0 Å². The molecular formula is C23H28N6O3S. The van der Waals surface area contributed by atoms with E-state index < -0.39 is 6.61 Å². The van der Waals surface area contributed by atoms with Gasteiger partial charge in [-0.05, 0) is 24.3 Å². The van der Waals surface area contributed by atoms with E-state index in [0.717, 1.165) is 60.1 Å². The number of carbonyl (C=O) groups excluding carboxylic acids is 1. The van der Waals surface area contributed by atoms with E-state index in [4.69, 9.17) is 20.6 Å². The van der Waals surface area contributed by atoms with Crippen LogP contribution in [0.1, 0.15) is 5.69 Å². The van der Waals surface area contributed by atoms with Crippen molar-refractivity contribution in [2.75, 3.05) is 69.7 Å². The van der Waals surface area contributed by atoms with E-state index in [-0.39, 0.29) is 5.91 Å². The molecule has 33 heavy (non-hydrogen) atoms. The summed E-state index contributed by atoms with van der Waals surface area (Å²) in [6.45, 7) is 6.15. The zero-order chi connectivity index (χ0) is 22.8. The van der Waals surface area contributed by atoms with Crippen molar-refractivity contribution in [2.45, 2.75) is 6.54 Å². The highest BCUT2D eigenvalue weighted by atomic mass is 32.1. The molecule has 10 heteroatoms. The normalized spacial score (nSPS) is 17.6. The second-order valence-electron chi connectivity index (χ2n) is 8.35. The Labute approximate surface area is 196 Å². The van der Waals surface area contributed by atoms with Gasteiger partial charge in [-0.15, -0.1) is 11.3 Å². The van der Waals surface area contributed by atoms with Crippen LogP contribution in [0.2, 0.25) is 0 Å². The zero-order valence-corrected chi connectivity index (χ0v) is 19.3. The minimum atomic E-state index is -0.425. The van der Waals surface area contributed by atoms with Crippen LogP contribution in [0.5, 0.6) is 0 Å². The maximum Gasteiger partial charge on any atom is 0.248 e. The Bertz CT molecular complexity index is 1120. The fourth-order valence-electron chi connectivity index (χ4n) is 4.34. The highest BCUT2D eigenvalue weighted by Gasteiger charge is 2.23. The number of nitrogens with two attached hydrogens (primary N) is 1. The molecule has 174 valence electrons. The lowest BCUT2D eigenvalue weighted by atomic mass is 10.2. The van der Waals surface area contributed by atoms with Crippen LogP contribution in [0, 0.1) is 0 Å². The molecule has 2 fully saturated rings. The summed E-state index contributed by atoms with van der Waals surface area (Å²) in [5.74, 6) is 1.32. The molecule has 0 aliphatic carbocycles. The highest BCUT2D eigenvalue weighted by Crippen LogP contribution is 2.38. The van der Waals surface area contributed by atoms with E-state index in [2.05, 4.69) is 26.9 Å². The first-order valence-electron chi connectivity index (χ1n) is 11.2. The molecule has 2 aliphatic rings. The molecule has 5 heterocycles. The fourth-order valence-corrected chi connectivity index (χ4v) is 5.45. The number of aromatic nitrogens is 2. The van der Waals surface area contributed by atoms with Gasteiger partial charge in [-0.25, -0.2) is 9.97 Å². The van der Waals surface area contributed by atoms with Crippen molar-refractivity contribution in [3.8, 4) is 10.4 Å². The average Bonchev–Trinajstić information content (AvgIpc) is 3.28. The predicted octanol–water partition coefficient (Wildman–Crippen LogP) is 1.41. The Morgan fingerprint density at radius 3 is 2.61 bits per heavy atom. The maximum absolute atomic E-state index is 11.8. The molecule has 0 radical (unpaired) electrons. The first-order valence-corrected chi connectivity index (χ1v) is 12.0. The van der Waals surface area contributed by atoms with Gasteiger partial charge >= 0.3 is 0 Å². The summed E-state index contributed by atoms with van der Waals surface area (Å²) in [4.78, 5) is 28.6. The van der Waals surface area contributed by atoms with Crippen LogP contribution in [0.3, 0.4) is 0 Å². The third-order valence-corrected chi connectivity index (χ3v) is 7.31. The lowest BCUT2D eigenvalue weighted by Gasteiger charge is -2.34. The topological polar surface area (TPSA) is 108 Å². The van der Waals surface area contributed by atoms with Crippen LogP contribution in [0.15, 0.2) is 30.5 Å². The third-order valence-electron chi connectivity index (χ3n) is 6.18. The number of rotatable bonds is 5. The predicted molar refractivity (Wildman–Crippen MR) is 129 cm³/mol. The number of hydrogen-bond acceptors (Lipinski definition) is 9. The molecule has 0 bridgehead atoms. The molecule has 3 N–H and O–H groups in total. The van der Waals surface area contributed by atoms with Gasteiger partial charge in [0.05, 0.1) is 18.9 Å². The lowest BCUT2D eigenvalue weighted by molar-refractivity contribution is -0.136. The zero-order valence-electron chi connectivity index (χ0n) is 18.4. The van der Waals surface area contributed by atoms with Gasteiger partial charge in [0.1, 0.15) is 18.2 Å². The molecule has 3 aromatic heterocycles. The molecule has 1 amide bonds. The molecule has 5 rings (SSSR count). The fraction of sp³-hybridized carbons (Fsp3) is 0.435. The number of fused-ring (bicyclic) bond motifs is 1. The van der Waals surface area contributed by atoms with E-state index >= 15 is 0 Å². The monoisotopic (exact) mass is 468 g/mol. The van der Waals surface area contributed by atoms with E-state index in [1.165, 1.54) is 4.70 Å². The van der Waals surface area contributed by atoms with Crippen molar-refractivity contribution in [1.29, 1.82) is 0 Å². The molecule has 2 aliphatic heterocycles. The highest BCUT2D eigenvalue weighted by molar-refractivity contribution is 7.22. The maximum atomic E-state index is 11.8. The Balaban J connectivity index is 1.44. The number of aliphatic hydroxyl groups excluding tert-OH is 1. The number of carbonyl (C=O) groups is 1. The first kappa shape index (κ1) is 22.0. The Kier molecular flexibility index (Phi) is 6.41. The average molecular weight is 469 g/mol. The molecule has 2 saturated heterocycles. The van der Waals surface area contributed by atoms with Crippen LogP contribution in [0.4, 0.5) is 11.6 Å². The molecule has 0 aromatic carbocycles. The molecule has 0 spiro atoms. The van der Waals surface area contributed by atoms with Gasteiger partial charge < -0.3 is 25.4 Å². The van der Waals surface area contributed by atoms with Crippen LogP contribution in [-0.4, -0.2) is 89.9 Å². The van der Waals surface area contributed by atoms with E-state index in [1.807, 2.05) is 18.3 Å². The number of piperazine rings is 1. The standard InChI is InChI=1S/C23H28N6O3S/c24-21-2-1-16(13-25-21)19-12-18-20(33-19)11-17(26-23(18)29-7-9-32-10-8-29)14-27-3-5-28(6-4-27)22(31)15-30/h1-2,11-13,30H,3-10,14-15H2,(H2,24,25). The molecule has 3 aromatic rings. The number of aliphatic hydroxyl groups is 1. The lowest BCUT2D eigenvalue weighted by Crippen LogP contribution is -2.49. The second-order valence-corrected chi connectivity index (χ2v) is 9.43. The summed E-state index contributed by atoms with van der Waals surface area (Å²) >= 11 is 1.74. The SMILES string of the molecule is Nc1ccc(-c2cc3c(N4CCOCC4)nc(CN4CCN(C(=O)CO)CC4)cc3s2)cn1. The number of morpholine rings is 1. The van der Waals surface area contributed by atoms with Crippen molar-refractivity contribution in [3.05, 3.63) is 36.2 Å². The Hall–Kier alpha value is -2.79. The first-order chi connectivity index (χ1) is 16.1.